The van der Waals surface area contributed by atoms with Crippen molar-refractivity contribution >= 4 is 33.5 Å². The number of aromatic carboxylic acids is 1. The van der Waals surface area contributed by atoms with Gasteiger partial charge in [-0.05, 0) is 28.1 Å². The van der Waals surface area contributed by atoms with E-state index in [0.29, 0.717) is 15.1 Å². The van der Waals surface area contributed by atoms with E-state index in [0.717, 1.165) is 0 Å². The number of ether oxygens (including phenoxy) is 1. The van der Waals surface area contributed by atoms with Gasteiger partial charge in [-0.1, -0.05) is 17.7 Å². The zero-order chi connectivity index (χ0) is 14.0. The van der Waals surface area contributed by atoms with Crippen LogP contribution < -0.4 is 0 Å². The lowest BCUT2D eigenvalue weighted by Gasteiger charge is -2.00. The molecule has 2 aromatic rings. The number of oxazole rings is 1. The van der Waals surface area contributed by atoms with Gasteiger partial charge in [-0.15, -0.1) is 0 Å². The van der Waals surface area contributed by atoms with Crippen LogP contribution in [0.15, 0.2) is 27.1 Å². The summed E-state index contributed by atoms with van der Waals surface area (Å²) in [6.07, 6.45) is 0. The van der Waals surface area contributed by atoms with Crippen LogP contribution in [0.4, 0.5) is 0 Å². The van der Waals surface area contributed by atoms with Gasteiger partial charge in [0.2, 0.25) is 11.7 Å². The molecular formula is C12H9BrClNO4. The number of aromatic nitrogens is 1. The SMILES string of the molecule is COCc1nc(-c2cccc(Br)c2Cl)oc1C(=O)O. The molecule has 5 nitrogen and oxygen atoms in total. The number of carboxylic acid groups (broad SMARTS) is 1. The molecule has 0 aliphatic carbocycles. The van der Waals surface area contributed by atoms with E-state index in [1.165, 1.54) is 7.11 Å². The molecule has 0 atom stereocenters. The molecule has 0 fully saturated rings. The normalized spacial score (nSPS) is 10.7. The van der Waals surface area contributed by atoms with Gasteiger partial charge in [-0.25, -0.2) is 9.78 Å². The molecule has 2 rings (SSSR count). The van der Waals surface area contributed by atoms with Crippen molar-refractivity contribution in [3.63, 3.8) is 0 Å². The van der Waals surface area contributed by atoms with Crippen molar-refractivity contribution in [2.75, 3.05) is 7.11 Å². The number of carbonyl (C=O) groups is 1. The Morgan fingerprint density at radius 1 is 1.58 bits per heavy atom. The molecule has 0 saturated carbocycles. The van der Waals surface area contributed by atoms with E-state index in [2.05, 4.69) is 20.9 Å². The third-order valence-corrected chi connectivity index (χ3v) is 3.65. The first-order chi connectivity index (χ1) is 9.04. The van der Waals surface area contributed by atoms with Crippen LogP contribution in [0.5, 0.6) is 0 Å². The molecule has 19 heavy (non-hydrogen) atoms. The fourth-order valence-corrected chi connectivity index (χ4v) is 2.11. The first kappa shape index (κ1) is 14.0. The number of hydrogen-bond donors (Lipinski definition) is 1. The standard InChI is InChI=1S/C12H9BrClNO4/c1-18-5-8-10(12(16)17)19-11(15-8)6-3-2-4-7(13)9(6)14/h2-4H,5H2,1H3,(H,16,17). The number of methoxy groups -OCH3 is 1. The van der Waals surface area contributed by atoms with Crippen LogP contribution in [-0.4, -0.2) is 23.2 Å². The van der Waals surface area contributed by atoms with Gasteiger partial charge in [-0.2, -0.15) is 0 Å². The zero-order valence-corrected chi connectivity index (χ0v) is 12.2. The zero-order valence-electron chi connectivity index (χ0n) is 9.81. The fourth-order valence-electron chi connectivity index (χ4n) is 1.54. The largest absolute Gasteiger partial charge is 0.475 e. The Morgan fingerprint density at radius 3 is 2.95 bits per heavy atom. The molecule has 0 amide bonds. The number of hydrogen-bond acceptors (Lipinski definition) is 4. The van der Waals surface area contributed by atoms with Crippen molar-refractivity contribution in [3.05, 3.63) is 39.1 Å². The van der Waals surface area contributed by atoms with Gasteiger partial charge in [0.25, 0.3) is 0 Å². The van der Waals surface area contributed by atoms with E-state index in [9.17, 15) is 4.79 Å². The Morgan fingerprint density at radius 2 is 2.32 bits per heavy atom. The van der Waals surface area contributed by atoms with Crippen LogP contribution in [0.25, 0.3) is 11.5 Å². The molecule has 0 aliphatic rings. The number of benzene rings is 1. The van der Waals surface area contributed by atoms with Crippen molar-refractivity contribution in [1.82, 2.24) is 4.98 Å². The van der Waals surface area contributed by atoms with Gasteiger partial charge in [-0.3, -0.25) is 0 Å². The summed E-state index contributed by atoms with van der Waals surface area (Å²) >= 11 is 9.41. The molecule has 1 aromatic heterocycles. The maximum Gasteiger partial charge on any atom is 0.373 e. The van der Waals surface area contributed by atoms with Crippen molar-refractivity contribution < 1.29 is 19.1 Å². The lowest BCUT2D eigenvalue weighted by atomic mass is 10.2. The summed E-state index contributed by atoms with van der Waals surface area (Å²) in [7, 11) is 1.45. The van der Waals surface area contributed by atoms with Gasteiger partial charge < -0.3 is 14.3 Å². The van der Waals surface area contributed by atoms with Crippen LogP contribution in [0.3, 0.4) is 0 Å². The minimum absolute atomic E-state index is 0.0523. The second-order valence-corrected chi connectivity index (χ2v) is 4.87. The minimum atomic E-state index is -1.20. The van der Waals surface area contributed by atoms with Crippen LogP contribution in [0, 0.1) is 0 Å². The molecule has 0 spiro atoms. The fraction of sp³-hybridized carbons (Fsp3) is 0.167. The Bertz CT molecular complexity index is 626. The molecular weight excluding hydrogens is 337 g/mol. The van der Waals surface area contributed by atoms with E-state index in [4.69, 9.17) is 25.9 Å². The Hall–Kier alpha value is -1.37. The first-order valence-electron chi connectivity index (χ1n) is 5.21. The molecule has 0 bridgehead atoms. The first-order valence-corrected chi connectivity index (χ1v) is 6.38. The maximum atomic E-state index is 11.1. The van der Waals surface area contributed by atoms with E-state index in [1.54, 1.807) is 18.2 Å². The average molecular weight is 347 g/mol. The monoisotopic (exact) mass is 345 g/mol. The lowest BCUT2D eigenvalue weighted by Crippen LogP contribution is -2.00. The lowest BCUT2D eigenvalue weighted by molar-refractivity contribution is 0.0656. The number of nitrogens with zero attached hydrogens (tertiary/aromatic N) is 1. The number of carboxylic acids is 1. The number of halogens is 2. The third-order valence-electron chi connectivity index (χ3n) is 2.35. The van der Waals surface area contributed by atoms with E-state index < -0.39 is 5.97 Å². The van der Waals surface area contributed by atoms with E-state index in [-0.39, 0.29) is 24.0 Å². The molecule has 1 aromatic carbocycles. The minimum Gasteiger partial charge on any atom is -0.475 e. The second kappa shape index (κ2) is 5.73. The predicted octanol–water partition coefficient (Wildman–Crippen LogP) is 3.60. The summed E-state index contributed by atoms with van der Waals surface area (Å²) in [5, 5.41) is 9.45. The quantitative estimate of drug-likeness (QED) is 0.915. The van der Waals surface area contributed by atoms with Crippen molar-refractivity contribution in [3.8, 4) is 11.5 Å². The van der Waals surface area contributed by atoms with Gasteiger partial charge in [0.15, 0.2) is 0 Å². The second-order valence-electron chi connectivity index (χ2n) is 3.63. The van der Waals surface area contributed by atoms with Crippen LogP contribution in [0.1, 0.15) is 16.2 Å². The highest BCUT2D eigenvalue weighted by atomic mass is 79.9. The molecule has 0 saturated heterocycles. The van der Waals surface area contributed by atoms with Gasteiger partial charge in [0, 0.05) is 11.6 Å². The van der Waals surface area contributed by atoms with Crippen LogP contribution >= 0.6 is 27.5 Å². The summed E-state index contributed by atoms with van der Waals surface area (Å²) < 4.78 is 10.8. The molecule has 0 radical (unpaired) electrons. The summed E-state index contributed by atoms with van der Waals surface area (Å²) in [4.78, 5) is 15.2. The van der Waals surface area contributed by atoms with E-state index in [1.807, 2.05) is 0 Å². The Balaban J connectivity index is 2.54. The molecule has 1 N–H and O–H groups in total. The van der Waals surface area contributed by atoms with E-state index >= 15 is 0 Å². The topological polar surface area (TPSA) is 72.6 Å². The highest BCUT2D eigenvalue weighted by Gasteiger charge is 2.21. The summed E-state index contributed by atoms with van der Waals surface area (Å²) in [5.74, 6) is -1.29. The van der Waals surface area contributed by atoms with Crippen molar-refractivity contribution in [2.45, 2.75) is 6.61 Å². The third kappa shape index (κ3) is 2.80. The van der Waals surface area contributed by atoms with Gasteiger partial charge in [0.1, 0.15) is 5.69 Å². The molecule has 100 valence electrons. The molecule has 0 aliphatic heterocycles. The average Bonchev–Trinajstić information content (AvgIpc) is 2.77. The summed E-state index contributed by atoms with van der Waals surface area (Å²) in [6.45, 7) is 0.0523. The number of rotatable bonds is 4. The van der Waals surface area contributed by atoms with Crippen molar-refractivity contribution in [1.29, 1.82) is 0 Å². The Labute approximate surface area is 122 Å². The molecule has 1 heterocycles. The van der Waals surface area contributed by atoms with Crippen LogP contribution in [0.2, 0.25) is 5.02 Å². The summed E-state index contributed by atoms with van der Waals surface area (Å²) in [5.41, 5.74) is 0.738. The molecule has 7 heteroatoms. The summed E-state index contributed by atoms with van der Waals surface area (Å²) in [6, 6.07) is 5.22. The molecule has 0 unspecified atom stereocenters. The predicted molar refractivity (Wildman–Crippen MR) is 72.3 cm³/mol. The van der Waals surface area contributed by atoms with Gasteiger partial charge in [0.05, 0.1) is 17.2 Å². The smallest absolute Gasteiger partial charge is 0.373 e. The Kier molecular flexibility index (Phi) is 4.24. The van der Waals surface area contributed by atoms with Crippen molar-refractivity contribution in [2.24, 2.45) is 0 Å². The highest BCUT2D eigenvalue weighted by molar-refractivity contribution is 9.10. The highest BCUT2D eigenvalue weighted by Crippen LogP contribution is 2.34. The van der Waals surface area contributed by atoms with Gasteiger partial charge >= 0.3 is 5.97 Å². The maximum absolute atomic E-state index is 11.1. The van der Waals surface area contributed by atoms with Crippen LogP contribution in [-0.2, 0) is 11.3 Å².